The Morgan fingerprint density at radius 3 is 1.61 bits per heavy atom. The molecule has 0 aliphatic heterocycles. The Kier molecular flexibility index (Phi) is 4.91. The lowest BCUT2D eigenvalue weighted by molar-refractivity contribution is -0.131. The fourth-order valence-corrected chi connectivity index (χ4v) is 2.01. The standard InChI is InChI=1S/C18H17NO4/c1-12(20)23-16-10-6-14(7-11-16)18(22)17(21)13-4-8-15(9-5-13)19(2)3/h4-11H,1-3H3. The predicted molar refractivity (Wildman–Crippen MR) is 87.2 cm³/mol. The number of anilines is 1. The Morgan fingerprint density at radius 2 is 1.22 bits per heavy atom. The van der Waals surface area contributed by atoms with Crippen LogP contribution in [0.3, 0.4) is 0 Å². The third-order valence-corrected chi connectivity index (χ3v) is 3.23. The third kappa shape index (κ3) is 4.03. The van der Waals surface area contributed by atoms with Gasteiger partial charge in [0.2, 0.25) is 11.6 Å². The lowest BCUT2D eigenvalue weighted by Gasteiger charge is -2.12. The molecule has 23 heavy (non-hydrogen) atoms. The summed E-state index contributed by atoms with van der Waals surface area (Å²) >= 11 is 0. The molecule has 5 heteroatoms. The Labute approximate surface area is 134 Å². The van der Waals surface area contributed by atoms with Crippen molar-refractivity contribution in [2.45, 2.75) is 6.92 Å². The number of Topliss-reactive ketones (excluding diaryl/α,β-unsaturated/α-hetero) is 2. The van der Waals surface area contributed by atoms with Crippen LogP contribution in [0.1, 0.15) is 27.6 Å². The molecule has 5 nitrogen and oxygen atoms in total. The summed E-state index contributed by atoms with van der Waals surface area (Å²) in [7, 11) is 3.79. The zero-order valence-electron chi connectivity index (χ0n) is 13.2. The summed E-state index contributed by atoms with van der Waals surface area (Å²) in [5.74, 6) is -1.29. The number of nitrogens with zero attached hydrogens (tertiary/aromatic N) is 1. The summed E-state index contributed by atoms with van der Waals surface area (Å²) < 4.78 is 4.89. The van der Waals surface area contributed by atoms with Crippen molar-refractivity contribution in [2.24, 2.45) is 0 Å². The van der Waals surface area contributed by atoms with E-state index in [4.69, 9.17) is 4.74 Å². The smallest absolute Gasteiger partial charge is 0.308 e. The molecule has 0 heterocycles. The summed E-state index contributed by atoms with van der Waals surface area (Å²) in [6.45, 7) is 1.29. The van der Waals surface area contributed by atoms with E-state index in [9.17, 15) is 14.4 Å². The highest BCUT2D eigenvalue weighted by molar-refractivity contribution is 6.49. The van der Waals surface area contributed by atoms with Gasteiger partial charge in [-0.1, -0.05) is 0 Å². The molecule has 0 aliphatic carbocycles. The minimum atomic E-state index is -0.600. The molecule has 0 atom stereocenters. The van der Waals surface area contributed by atoms with Crippen molar-refractivity contribution < 1.29 is 19.1 Å². The maximum atomic E-state index is 12.2. The van der Waals surface area contributed by atoms with Crippen molar-refractivity contribution in [1.29, 1.82) is 0 Å². The Balaban J connectivity index is 2.15. The molecule has 0 bridgehead atoms. The summed E-state index contributed by atoms with van der Waals surface area (Å²) in [4.78, 5) is 37.2. The van der Waals surface area contributed by atoms with E-state index in [0.29, 0.717) is 11.3 Å². The number of esters is 1. The van der Waals surface area contributed by atoms with Gasteiger partial charge in [-0.3, -0.25) is 14.4 Å². The van der Waals surface area contributed by atoms with Gasteiger partial charge in [-0.15, -0.1) is 0 Å². The highest BCUT2D eigenvalue weighted by Gasteiger charge is 2.18. The van der Waals surface area contributed by atoms with E-state index in [0.717, 1.165) is 5.69 Å². The first-order chi connectivity index (χ1) is 10.9. The second kappa shape index (κ2) is 6.87. The van der Waals surface area contributed by atoms with Crippen LogP contribution in [0.4, 0.5) is 5.69 Å². The molecule has 0 spiro atoms. The molecule has 2 aromatic carbocycles. The van der Waals surface area contributed by atoms with E-state index in [-0.39, 0.29) is 5.56 Å². The summed E-state index contributed by atoms with van der Waals surface area (Å²) in [6.07, 6.45) is 0. The van der Waals surface area contributed by atoms with Crippen LogP contribution in [-0.2, 0) is 4.79 Å². The fraction of sp³-hybridized carbons (Fsp3) is 0.167. The molecule has 2 rings (SSSR count). The first kappa shape index (κ1) is 16.4. The van der Waals surface area contributed by atoms with Crippen molar-refractivity contribution in [3.8, 4) is 5.75 Å². The molecule has 2 aromatic rings. The zero-order chi connectivity index (χ0) is 17.0. The molecule has 0 fully saturated rings. The highest BCUT2D eigenvalue weighted by Crippen LogP contribution is 2.16. The van der Waals surface area contributed by atoms with Crippen molar-refractivity contribution >= 4 is 23.2 Å². The van der Waals surface area contributed by atoms with Gasteiger partial charge in [0.1, 0.15) is 5.75 Å². The van der Waals surface area contributed by atoms with Crippen molar-refractivity contribution in [3.05, 3.63) is 59.7 Å². The second-order valence-electron chi connectivity index (χ2n) is 5.22. The summed E-state index contributed by atoms with van der Waals surface area (Å²) in [6, 6.07) is 12.7. The van der Waals surface area contributed by atoms with Gasteiger partial charge in [-0.25, -0.2) is 0 Å². The second-order valence-corrected chi connectivity index (χ2v) is 5.22. The van der Waals surface area contributed by atoms with E-state index >= 15 is 0 Å². The number of carbonyl (C=O) groups is 3. The van der Waals surface area contributed by atoms with Crippen molar-refractivity contribution in [2.75, 3.05) is 19.0 Å². The van der Waals surface area contributed by atoms with Crippen molar-refractivity contribution in [1.82, 2.24) is 0 Å². The number of benzene rings is 2. The Bertz CT molecular complexity index is 731. The van der Waals surface area contributed by atoms with E-state index in [1.165, 1.54) is 31.2 Å². The van der Waals surface area contributed by atoms with E-state index in [1.54, 1.807) is 24.3 Å². The molecule has 0 aromatic heterocycles. The predicted octanol–water partition coefficient (Wildman–Crippen LogP) is 2.74. The first-order valence-corrected chi connectivity index (χ1v) is 7.03. The van der Waals surface area contributed by atoms with Crippen LogP contribution >= 0.6 is 0 Å². The number of rotatable bonds is 5. The maximum absolute atomic E-state index is 12.2. The van der Waals surface area contributed by atoms with Crippen LogP contribution in [-0.4, -0.2) is 31.6 Å². The van der Waals surface area contributed by atoms with Gasteiger partial charge in [0.15, 0.2) is 0 Å². The zero-order valence-corrected chi connectivity index (χ0v) is 13.2. The Hall–Kier alpha value is -2.95. The van der Waals surface area contributed by atoms with E-state index in [1.807, 2.05) is 19.0 Å². The van der Waals surface area contributed by atoms with Crippen LogP contribution < -0.4 is 9.64 Å². The lowest BCUT2D eigenvalue weighted by Crippen LogP contribution is -2.15. The number of hydrogen-bond donors (Lipinski definition) is 0. The molecule has 0 unspecified atom stereocenters. The largest absolute Gasteiger partial charge is 0.427 e. The molecule has 0 radical (unpaired) electrons. The van der Waals surface area contributed by atoms with E-state index in [2.05, 4.69) is 0 Å². The number of hydrogen-bond acceptors (Lipinski definition) is 5. The van der Waals surface area contributed by atoms with Gasteiger partial charge in [-0.2, -0.15) is 0 Å². The van der Waals surface area contributed by atoms with Crippen LogP contribution in [0.2, 0.25) is 0 Å². The summed E-state index contributed by atoms with van der Waals surface area (Å²) in [5.41, 5.74) is 1.53. The average Bonchev–Trinajstić information content (AvgIpc) is 2.53. The monoisotopic (exact) mass is 311 g/mol. The Morgan fingerprint density at radius 1 is 0.783 bits per heavy atom. The number of ether oxygens (including phenoxy) is 1. The van der Waals surface area contributed by atoms with Gasteiger partial charge in [-0.05, 0) is 48.5 Å². The highest BCUT2D eigenvalue weighted by atomic mass is 16.5. The van der Waals surface area contributed by atoms with Crippen LogP contribution in [0, 0.1) is 0 Å². The third-order valence-electron chi connectivity index (χ3n) is 3.23. The van der Waals surface area contributed by atoms with Gasteiger partial charge in [0, 0.05) is 37.8 Å². The topological polar surface area (TPSA) is 63.7 Å². The molecular weight excluding hydrogens is 294 g/mol. The van der Waals surface area contributed by atoms with Gasteiger partial charge in [0.05, 0.1) is 0 Å². The van der Waals surface area contributed by atoms with Gasteiger partial charge < -0.3 is 9.64 Å². The van der Waals surface area contributed by atoms with Crippen LogP contribution in [0.25, 0.3) is 0 Å². The normalized spacial score (nSPS) is 10.0. The van der Waals surface area contributed by atoms with Gasteiger partial charge in [0.25, 0.3) is 0 Å². The molecule has 0 saturated heterocycles. The lowest BCUT2D eigenvalue weighted by atomic mass is 10.0. The first-order valence-electron chi connectivity index (χ1n) is 7.03. The molecule has 118 valence electrons. The molecular formula is C18H17NO4. The van der Waals surface area contributed by atoms with E-state index < -0.39 is 17.5 Å². The molecule has 0 N–H and O–H groups in total. The molecule has 0 saturated carbocycles. The minimum Gasteiger partial charge on any atom is -0.427 e. The number of carbonyl (C=O) groups excluding carboxylic acids is 3. The van der Waals surface area contributed by atoms with Crippen LogP contribution in [0.5, 0.6) is 5.75 Å². The van der Waals surface area contributed by atoms with Crippen LogP contribution in [0.15, 0.2) is 48.5 Å². The molecule has 0 aliphatic rings. The quantitative estimate of drug-likeness (QED) is 0.368. The SMILES string of the molecule is CC(=O)Oc1ccc(C(=O)C(=O)c2ccc(N(C)C)cc2)cc1. The van der Waals surface area contributed by atoms with Gasteiger partial charge >= 0.3 is 5.97 Å². The average molecular weight is 311 g/mol. The minimum absolute atomic E-state index is 0.252. The fourth-order valence-electron chi connectivity index (χ4n) is 2.01. The van der Waals surface area contributed by atoms with Crippen molar-refractivity contribution in [3.63, 3.8) is 0 Å². The molecule has 0 amide bonds. The maximum Gasteiger partial charge on any atom is 0.308 e. The number of ketones is 2. The summed E-state index contributed by atoms with van der Waals surface area (Å²) in [5, 5.41) is 0.